The minimum Gasteiger partial charge on any atom is -0.490 e. The van der Waals surface area contributed by atoms with Gasteiger partial charge in [0.15, 0.2) is 11.6 Å². The van der Waals surface area contributed by atoms with Gasteiger partial charge in [-0.1, -0.05) is 0 Å². The van der Waals surface area contributed by atoms with E-state index in [4.69, 9.17) is 14.2 Å². The van der Waals surface area contributed by atoms with E-state index >= 15 is 0 Å². The van der Waals surface area contributed by atoms with E-state index in [2.05, 4.69) is 5.32 Å². The Balaban J connectivity index is 1.52. The van der Waals surface area contributed by atoms with Crippen molar-refractivity contribution in [1.82, 2.24) is 4.90 Å². The molecule has 10 heteroatoms. The predicted octanol–water partition coefficient (Wildman–Crippen LogP) is 3.16. The van der Waals surface area contributed by atoms with Gasteiger partial charge in [0, 0.05) is 18.3 Å². The van der Waals surface area contributed by atoms with Crippen molar-refractivity contribution < 1.29 is 37.4 Å². The number of hydrogen-bond acceptors (Lipinski definition) is 6. The normalized spacial score (nSPS) is 21.9. The molecule has 2 aliphatic rings. The average molecular weight is 474 g/mol. The lowest BCUT2D eigenvalue weighted by Crippen LogP contribution is -2.53. The standard InChI is InChI=1S/C24H24F2N2O6/c1-28-19-7-5-15(11-22(29)32-2)34-21(19)12-33-20-8-4-14(10-16(20)24(28)31)27-23(30)13-3-6-17(25)18(26)9-13/h3-4,6,8-10,15,19,21H,5,7,11-12H2,1-2H3,(H,27,30)/t15-,19-,21-/m0/s1. The fraction of sp³-hybridized carbons (Fsp3) is 0.375. The molecular weight excluding hydrogens is 450 g/mol. The van der Waals surface area contributed by atoms with Crippen molar-refractivity contribution in [2.24, 2.45) is 0 Å². The van der Waals surface area contributed by atoms with Gasteiger partial charge in [-0.15, -0.1) is 0 Å². The van der Waals surface area contributed by atoms with Crippen LogP contribution in [0.2, 0.25) is 0 Å². The lowest BCUT2D eigenvalue weighted by molar-refractivity contribution is -0.151. The molecule has 1 N–H and O–H groups in total. The number of likely N-dealkylation sites (N-methyl/N-ethyl adjacent to an activating group) is 1. The number of esters is 1. The number of benzene rings is 2. The highest BCUT2D eigenvalue weighted by molar-refractivity contribution is 6.05. The van der Waals surface area contributed by atoms with E-state index in [0.29, 0.717) is 24.3 Å². The van der Waals surface area contributed by atoms with Crippen molar-refractivity contribution in [3.8, 4) is 5.75 Å². The van der Waals surface area contributed by atoms with Crippen LogP contribution in [0, 0.1) is 11.6 Å². The van der Waals surface area contributed by atoms with Crippen molar-refractivity contribution in [2.45, 2.75) is 37.5 Å². The highest BCUT2D eigenvalue weighted by Crippen LogP contribution is 2.32. The minimum absolute atomic E-state index is 0.0611. The Morgan fingerprint density at radius 1 is 1.15 bits per heavy atom. The van der Waals surface area contributed by atoms with Crippen LogP contribution in [-0.4, -0.2) is 61.7 Å². The molecule has 3 atom stereocenters. The molecule has 2 aliphatic heterocycles. The van der Waals surface area contributed by atoms with Gasteiger partial charge in [-0.25, -0.2) is 8.78 Å². The zero-order valence-corrected chi connectivity index (χ0v) is 18.7. The number of halogens is 2. The summed E-state index contributed by atoms with van der Waals surface area (Å²) < 4.78 is 43.3. The highest BCUT2D eigenvalue weighted by Gasteiger charge is 2.39. The quantitative estimate of drug-likeness (QED) is 0.685. The maximum Gasteiger partial charge on any atom is 0.308 e. The fourth-order valence-corrected chi connectivity index (χ4v) is 4.22. The lowest BCUT2D eigenvalue weighted by atomic mass is 9.94. The van der Waals surface area contributed by atoms with E-state index in [9.17, 15) is 23.2 Å². The maximum absolute atomic E-state index is 13.5. The number of fused-ring (bicyclic) bond motifs is 2. The Morgan fingerprint density at radius 2 is 1.94 bits per heavy atom. The number of ether oxygens (including phenoxy) is 3. The topological polar surface area (TPSA) is 94.2 Å². The summed E-state index contributed by atoms with van der Waals surface area (Å²) >= 11 is 0. The van der Waals surface area contributed by atoms with E-state index < -0.39 is 23.6 Å². The molecule has 2 aromatic rings. The molecule has 0 saturated carbocycles. The largest absolute Gasteiger partial charge is 0.490 e. The van der Waals surface area contributed by atoms with Crippen molar-refractivity contribution in [3.63, 3.8) is 0 Å². The second-order valence-corrected chi connectivity index (χ2v) is 8.24. The third-order valence-electron chi connectivity index (χ3n) is 6.07. The summed E-state index contributed by atoms with van der Waals surface area (Å²) in [6.45, 7) is 0.174. The van der Waals surface area contributed by atoms with Crippen molar-refractivity contribution in [1.29, 1.82) is 0 Å². The molecule has 180 valence electrons. The van der Waals surface area contributed by atoms with E-state index in [1.165, 1.54) is 19.2 Å². The van der Waals surface area contributed by atoms with Crippen molar-refractivity contribution in [2.75, 3.05) is 26.1 Å². The molecule has 1 fully saturated rings. The molecule has 0 radical (unpaired) electrons. The van der Waals surface area contributed by atoms with Gasteiger partial charge in [0.1, 0.15) is 18.5 Å². The van der Waals surface area contributed by atoms with E-state index in [0.717, 1.165) is 12.1 Å². The average Bonchev–Trinajstić information content (AvgIpc) is 2.83. The maximum atomic E-state index is 13.5. The molecular formula is C24H24F2N2O6. The van der Waals surface area contributed by atoms with Crippen LogP contribution in [0.25, 0.3) is 0 Å². The van der Waals surface area contributed by atoms with Gasteiger partial charge in [0.2, 0.25) is 0 Å². The smallest absolute Gasteiger partial charge is 0.308 e. The number of methoxy groups -OCH3 is 1. The van der Waals surface area contributed by atoms with Crippen LogP contribution >= 0.6 is 0 Å². The summed E-state index contributed by atoms with van der Waals surface area (Å²) in [5.74, 6) is -3.19. The number of hydrogen-bond donors (Lipinski definition) is 1. The van der Waals surface area contributed by atoms with Gasteiger partial charge in [0.05, 0.1) is 31.2 Å². The monoisotopic (exact) mass is 474 g/mol. The van der Waals surface area contributed by atoms with E-state index in [1.807, 2.05) is 0 Å². The van der Waals surface area contributed by atoms with E-state index in [1.54, 1.807) is 24.1 Å². The molecule has 0 unspecified atom stereocenters. The predicted molar refractivity (Wildman–Crippen MR) is 117 cm³/mol. The van der Waals surface area contributed by atoms with Crippen LogP contribution in [0.3, 0.4) is 0 Å². The number of nitrogens with one attached hydrogen (secondary N) is 1. The summed E-state index contributed by atoms with van der Waals surface area (Å²) in [7, 11) is 3.00. The third-order valence-corrected chi connectivity index (χ3v) is 6.07. The van der Waals surface area contributed by atoms with Crippen LogP contribution in [0.4, 0.5) is 14.5 Å². The Bertz CT molecular complexity index is 1120. The van der Waals surface area contributed by atoms with Crippen molar-refractivity contribution in [3.05, 3.63) is 59.2 Å². The van der Waals surface area contributed by atoms with Gasteiger partial charge in [-0.3, -0.25) is 14.4 Å². The molecule has 2 amide bonds. The lowest BCUT2D eigenvalue weighted by Gasteiger charge is -2.42. The molecule has 0 spiro atoms. The first-order valence-electron chi connectivity index (χ1n) is 10.8. The van der Waals surface area contributed by atoms with Crippen LogP contribution in [0.15, 0.2) is 36.4 Å². The van der Waals surface area contributed by atoms with Gasteiger partial charge in [0.25, 0.3) is 11.8 Å². The molecule has 0 aromatic heterocycles. The Morgan fingerprint density at radius 3 is 2.68 bits per heavy atom. The highest BCUT2D eigenvalue weighted by atomic mass is 19.2. The number of anilines is 1. The molecule has 2 aromatic carbocycles. The fourth-order valence-electron chi connectivity index (χ4n) is 4.22. The zero-order chi connectivity index (χ0) is 24.4. The van der Waals surface area contributed by atoms with Crippen LogP contribution < -0.4 is 10.1 Å². The minimum atomic E-state index is -1.13. The first-order valence-corrected chi connectivity index (χ1v) is 10.8. The Labute approximate surface area is 194 Å². The number of carbonyl (C=O) groups excluding carboxylic acids is 3. The first kappa shape index (κ1) is 23.6. The molecule has 4 rings (SSSR count). The molecule has 8 nitrogen and oxygen atoms in total. The Hall–Kier alpha value is -3.53. The molecule has 0 bridgehead atoms. The van der Waals surface area contributed by atoms with Gasteiger partial charge >= 0.3 is 5.97 Å². The summed E-state index contributed by atoms with van der Waals surface area (Å²) in [5, 5.41) is 2.59. The number of nitrogens with zero attached hydrogens (tertiary/aromatic N) is 1. The summed E-state index contributed by atoms with van der Waals surface area (Å²) in [5.41, 5.74) is 0.490. The van der Waals surface area contributed by atoms with Gasteiger partial charge in [-0.2, -0.15) is 0 Å². The second kappa shape index (κ2) is 9.76. The van der Waals surface area contributed by atoms with Gasteiger partial charge < -0.3 is 24.4 Å². The van der Waals surface area contributed by atoms with Crippen LogP contribution in [-0.2, 0) is 14.3 Å². The van der Waals surface area contributed by atoms with Gasteiger partial charge in [-0.05, 0) is 49.2 Å². The molecule has 1 saturated heterocycles. The molecule has 2 heterocycles. The third kappa shape index (κ3) is 4.86. The van der Waals surface area contributed by atoms with Crippen LogP contribution in [0.5, 0.6) is 5.75 Å². The number of amides is 2. The zero-order valence-electron chi connectivity index (χ0n) is 18.7. The number of carbonyl (C=O) groups is 3. The van der Waals surface area contributed by atoms with Crippen molar-refractivity contribution >= 4 is 23.5 Å². The van der Waals surface area contributed by atoms with E-state index in [-0.39, 0.29) is 48.2 Å². The Kier molecular flexibility index (Phi) is 6.78. The SMILES string of the molecule is COC(=O)C[C@@H]1CC[C@H]2[C@H](COc3ccc(NC(=O)c4ccc(F)c(F)c4)cc3C(=O)N2C)O1. The van der Waals surface area contributed by atoms with Crippen LogP contribution in [0.1, 0.15) is 40.0 Å². The molecule has 34 heavy (non-hydrogen) atoms. The number of rotatable bonds is 4. The molecule has 0 aliphatic carbocycles. The summed E-state index contributed by atoms with van der Waals surface area (Å²) in [6, 6.07) is 7.17. The summed E-state index contributed by atoms with van der Waals surface area (Å²) in [6.07, 6.45) is 0.617. The second-order valence-electron chi connectivity index (χ2n) is 8.24. The first-order chi connectivity index (χ1) is 16.3. The summed E-state index contributed by atoms with van der Waals surface area (Å²) in [4.78, 5) is 38.9.